The van der Waals surface area contributed by atoms with Crippen molar-refractivity contribution in [3.05, 3.63) is 35.9 Å². The van der Waals surface area contributed by atoms with Gasteiger partial charge < -0.3 is 20.0 Å². The molecule has 0 radical (unpaired) electrons. The number of nitrogens with two attached hydrogens (primary N) is 1. The Morgan fingerprint density at radius 2 is 2.14 bits per heavy atom. The molecule has 0 amide bonds. The van der Waals surface area contributed by atoms with Crippen LogP contribution < -0.4 is 5.73 Å². The lowest BCUT2D eigenvalue weighted by Gasteiger charge is -2.24. The van der Waals surface area contributed by atoms with Gasteiger partial charge in [-0.05, 0) is 5.56 Å². The Labute approximate surface area is 123 Å². The highest BCUT2D eigenvalue weighted by atomic mass is 16.7. The molecule has 1 aromatic carbocycles. The molecule has 114 valence electrons. The van der Waals surface area contributed by atoms with Crippen LogP contribution in [0, 0.1) is 0 Å². The van der Waals surface area contributed by atoms with Gasteiger partial charge in [0, 0.05) is 20.0 Å². The molecule has 1 unspecified atom stereocenters. The van der Waals surface area contributed by atoms with Gasteiger partial charge in [0.1, 0.15) is 0 Å². The third kappa shape index (κ3) is 3.40. The minimum atomic E-state index is -1.14. The van der Waals surface area contributed by atoms with Gasteiger partial charge in [0.15, 0.2) is 0 Å². The van der Waals surface area contributed by atoms with Crippen LogP contribution in [0.5, 0.6) is 0 Å². The van der Waals surface area contributed by atoms with E-state index >= 15 is 0 Å². The lowest BCUT2D eigenvalue weighted by atomic mass is 9.88. The molecular weight excluding hydrogens is 272 g/mol. The second-order valence-corrected chi connectivity index (χ2v) is 5.06. The highest BCUT2D eigenvalue weighted by Crippen LogP contribution is 2.30. The number of rotatable bonds is 6. The first-order valence-corrected chi connectivity index (χ1v) is 6.73. The quantitative estimate of drug-likeness (QED) is 0.787. The summed E-state index contributed by atoms with van der Waals surface area (Å²) in [6.45, 7) is 0.324. The Hall–Kier alpha value is -1.92. The molecule has 0 spiro atoms. The molecule has 0 aliphatic carbocycles. The number of hydrogen-bond acceptors (Lipinski definition) is 6. The predicted octanol–water partition coefficient (Wildman–Crippen LogP) is 0.891. The molecule has 1 aromatic rings. The van der Waals surface area contributed by atoms with Crippen LogP contribution in [0.3, 0.4) is 0 Å². The molecule has 6 nitrogen and oxygen atoms in total. The molecule has 0 aromatic heterocycles. The molecular formula is C15H20N2O4. The smallest absolute Gasteiger partial charge is 0.353 e. The molecule has 1 aliphatic rings. The largest absolute Gasteiger partial charge is 0.466 e. The molecule has 6 heteroatoms. The van der Waals surface area contributed by atoms with Crippen LogP contribution in [-0.4, -0.2) is 44.2 Å². The fourth-order valence-corrected chi connectivity index (χ4v) is 2.37. The fraction of sp³-hybridized carbons (Fsp3) is 0.467. The number of esters is 1. The molecule has 0 saturated heterocycles. The fourth-order valence-electron chi connectivity index (χ4n) is 2.37. The molecule has 0 bridgehead atoms. The number of benzene rings is 1. The zero-order valence-electron chi connectivity index (χ0n) is 12.2. The van der Waals surface area contributed by atoms with E-state index in [-0.39, 0.29) is 0 Å². The maximum Gasteiger partial charge on any atom is 0.353 e. The summed E-state index contributed by atoms with van der Waals surface area (Å²) in [5.41, 5.74) is 6.40. The Bertz CT molecular complexity index is 518. The number of ether oxygens (including phenoxy) is 2. The van der Waals surface area contributed by atoms with Crippen LogP contribution in [-0.2, 0) is 25.5 Å². The van der Waals surface area contributed by atoms with Crippen molar-refractivity contribution in [2.45, 2.75) is 24.5 Å². The molecule has 2 rings (SSSR count). The van der Waals surface area contributed by atoms with E-state index < -0.39 is 17.6 Å². The maximum absolute atomic E-state index is 12.2. The lowest BCUT2D eigenvalue weighted by molar-refractivity contribution is -0.166. The van der Waals surface area contributed by atoms with Gasteiger partial charge in [-0.15, -0.1) is 0 Å². The first-order valence-electron chi connectivity index (χ1n) is 6.73. The first kappa shape index (κ1) is 15.5. The summed E-state index contributed by atoms with van der Waals surface area (Å²) in [5.74, 6) is -0.449. The summed E-state index contributed by atoms with van der Waals surface area (Å²) < 4.78 is 9.90. The number of oxime groups is 1. The number of methoxy groups -OCH3 is 2. The number of nitrogens with zero attached hydrogens (tertiary/aromatic N) is 1. The van der Waals surface area contributed by atoms with Gasteiger partial charge in [-0.2, -0.15) is 0 Å². The standard InChI is InChI=1S/C15H20N2O4/c1-19-10-12(16)13-9-15(21-17-13,14(18)20-2)8-11-6-4-3-5-7-11/h3-7,12H,8-10,16H2,1-2H3/t12-,15?/m1/s1. The zero-order valence-corrected chi connectivity index (χ0v) is 12.2. The van der Waals surface area contributed by atoms with E-state index in [4.69, 9.17) is 20.0 Å². The van der Waals surface area contributed by atoms with Crippen LogP contribution in [0.1, 0.15) is 12.0 Å². The summed E-state index contributed by atoms with van der Waals surface area (Å²) in [6, 6.07) is 9.21. The summed E-state index contributed by atoms with van der Waals surface area (Å²) in [7, 11) is 2.90. The minimum absolute atomic E-state index is 0.305. The predicted molar refractivity (Wildman–Crippen MR) is 77.9 cm³/mol. The van der Waals surface area contributed by atoms with Crippen molar-refractivity contribution in [2.24, 2.45) is 10.9 Å². The molecule has 1 aliphatic heterocycles. The second-order valence-electron chi connectivity index (χ2n) is 5.06. The monoisotopic (exact) mass is 292 g/mol. The lowest BCUT2D eigenvalue weighted by Crippen LogP contribution is -2.44. The van der Waals surface area contributed by atoms with Gasteiger partial charge in [-0.1, -0.05) is 35.5 Å². The van der Waals surface area contributed by atoms with Gasteiger partial charge in [-0.25, -0.2) is 4.79 Å². The normalized spacial score (nSPS) is 22.3. The van der Waals surface area contributed by atoms with Gasteiger partial charge in [0.2, 0.25) is 5.60 Å². The first-order chi connectivity index (χ1) is 10.1. The molecule has 0 fully saturated rings. The van der Waals surface area contributed by atoms with Gasteiger partial charge in [0.05, 0.1) is 25.5 Å². The van der Waals surface area contributed by atoms with Crippen molar-refractivity contribution in [1.29, 1.82) is 0 Å². The molecule has 2 atom stereocenters. The van der Waals surface area contributed by atoms with Crippen LogP contribution >= 0.6 is 0 Å². The van der Waals surface area contributed by atoms with E-state index in [1.807, 2.05) is 30.3 Å². The third-order valence-corrected chi connectivity index (χ3v) is 3.47. The van der Waals surface area contributed by atoms with E-state index in [9.17, 15) is 4.79 Å². The van der Waals surface area contributed by atoms with Gasteiger partial charge in [-0.3, -0.25) is 0 Å². The number of hydrogen-bond donors (Lipinski definition) is 1. The summed E-state index contributed by atoms with van der Waals surface area (Å²) in [5, 5.41) is 3.98. The van der Waals surface area contributed by atoms with Crippen LogP contribution in [0.25, 0.3) is 0 Å². The van der Waals surface area contributed by atoms with Crippen molar-refractivity contribution in [2.75, 3.05) is 20.8 Å². The maximum atomic E-state index is 12.2. The Morgan fingerprint density at radius 1 is 1.43 bits per heavy atom. The molecule has 2 N–H and O–H groups in total. The molecule has 0 saturated carbocycles. The summed E-state index contributed by atoms with van der Waals surface area (Å²) in [6.07, 6.45) is 0.687. The van der Waals surface area contributed by atoms with Crippen LogP contribution in [0.4, 0.5) is 0 Å². The highest BCUT2D eigenvalue weighted by Gasteiger charge is 2.48. The second kappa shape index (κ2) is 6.69. The van der Waals surface area contributed by atoms with E-state index in [2.05, 4.69) is 5.16 Å². The van der Waals surface area contributed by atoms with E-state index in [0.29, 0.717) is 25.2 Å². The van der Waals surface area contributed by atoms with E-state index in [0.717, 1.165) is 5.56 Å². The van der Waals surface area contributed by atoms with Crippen molar-refractivity contribution in [1.82, 2.24) is 0 Å². The van der Waals surface area contributed by atoms with Crippen LogP contribution in [0.15, 0.2) is 35.5 Å². The van der Waals surface area contributed by atoms with Crippen molar-refractivity contribution < 1.29 is 19.1 Å². The average Bonchev–Trinajstić information content (AvgIpc) is 2.93. The Kier molecular flexibility index (Phi) is 4.93. The summed E-state index contributed by atoms with van der Waals surface area (Å²) >= 11 is 0. The summed E-state index contributed by atoms with van der Waals surface area (Å²) in [4.78, 5) is 17.6. The highest BCUT2D eigenvalue weighted by molar-refractivity contribution is 5.96. The number of carbonyl (C=O) groups excluding carboxylic acids is 1. The van der Waals surface area contributed by atoms with Gasteiger partial charge in [0.25, 0.3) is 0 Å². The number of carbonyl (C=O) groups is 1. The average molecular weight is 292 g/mol. The molecule has 21 heavy (non-hydrogen) atoms. The van der Waals surface area contributed by atoms with Crippen LogP contribution in [0.2, 0.25) is 0 Å². The van der Waals surface area contributed by atoms with E-state index in [1.54, 1.807) is 7.11 Å². The third-order valence-electron chi connectivity index (χ3n) is 3.47. The SMILES string of the molecule is COC[C@@H](N)C1=NOC(Cc2ccccc2)(C(=O)OC)C1. The Balaban J connectivity index is 2.16. The Morgan fingerprint density at radius 3 is 2.76 bits per heavy atom. The van der Waals surface area contributed by atoms with Crippen molar-refractivity contribution in [3.8, 4) is 0 Å². The molecule has 1 heterocycles. The van der Waals surface area contributed by atoms with Crippen molar-refractivity contribution >= 4 is 11.7 Å². The zero-order chi connectivity index (χ0) is 15.3. The van der Waals surface area contributed by atoms with Gasteiger partial charge >= 0.3 is 5.97 Å². The van der Waals surface area contributed by atoms with Crippen molar-refractivity contribution in [3.63, 3.8) is 0 Å². The minimum Gasteiger partial charge on any atom is -0.466 e. The topological polar surface area (TPSA) is 83.1 Å². The van der Waals surface area contributed by atoms with E-state index in [1.165, 1.54) is 7.11 Å².